The highest BCUT2D eigenvalue weighted by atomic mass is 19.4. The van der Waals surface area contributed by atoms with Crippen molar-refractivity contribution < 1.29 is 17.9 Å². The molecule has 1 heterocycles. The molecule has 1 N–H and O–H groups in total. The van der Waals surface area contributed by atoms with E-state index in [1.807, 2.05) is 0 Å². The van der Waals surface area contributed by atoms with Gasteiger partial charge in [0.05, 0.1) is 0 Å². The van der Waals surface area contributed by atoms with E-state index in [9.17, 15) is 13.2 Å². The van der Waals surface area contributed by atoms with E-state index in [4.69, 9.17) is 0 Å². The zero-order valence-electron chi connectivity index (χ0n) is 12.5. The summed E-state index contributed by atoms with van der Waals surface area (Å²) in [5.41, 5.74) is 0. The second-order valence-electron chi connectivity index (χ2n) is 5.59. The first-order chi connectivity index (χ1) is 9.42. The van der Waals surface area contributed by atoms with E-state index < -0.39 is 12.8 Å². The second kappa shape index (κ2) is 8.85. The highest BCUT2D eigenvalue weighted by Gasteiger charge is 2.27. The standard InChI is InChI=1S/C14H27F3N2O/c1-3-5-13-10-19(12(2)6-7-18-13)8-4-9-20-11-14(15,16)17/h12-13,18H,3-11H2,1-2H3. The fraction of sp³-hybridized carbons (Fsp3) is 1.00. The summed E-state index contributed by atoms with van der Waals surface area (Å²) in [5.74, 6) is 0. The molecule has 1 rings (SSSR count). The Kier molecular flexibility index (Phi) is 7.84. The predicted octanol–water partition coefficient (Wildman–Crippen LogP) is 2.81. The van der Waals surface area contributed by atoms with Crippen molar-refractivity contribution in [1.29, 1.82) is 0 Å². The van der Waals surface area contributed by atoms with Crippen molar-refractivity contribution in [2.45, 2.75) is 57.8 Å². The van der Waals surface area contributed by atoms with Gasteiger partial charge in [0.15, 0.2) is 0 Å². The molecule has 2 atom stereocenters. The Balaban J connectivity index is 2.25. The van der Waals surface area contributed by atoms with Crippen LogP contribution in [0.1, 0.15) is 39.5 Å². The lowest BCUT2D eigenvalue weighted by molar-refractivity contribution is -0.174. The first-order valence-electron chi connectivity index (χ1n) is 7.54. The van der Waals surface area contributed by atoms with E-state index in [1.54, 1.807) is 0 Å². The van der Waals surface area contributed by atoms with E-state index in [1.165, 1.54) is 0 Å². The van der Waals surface area contributed by atoms with Crippen LogP contribution in [0, 0.1) is 0 Å². The molecule has 0 saturated carbocycles. The van der Waals surface area contributed by atoms with Crippen LogP contribution >= 0.6 is 0 Å². The van der Waals surface area contributed by atoms with E-state index in [-0.39, 0.29) is 6.61 Å². The number of rotatable bonds is 7. The average molecular weight is 296 g/mol. The molecule has 0 aromatic carbocycles. The van der Waals surface area contributed by atoms with Gasteiger partial charge in [-0.1, -0.05) is 13.3 Å². The van der Waals surface area contributed by atoms with Crippen molar-refractivity contribution >= 4 is 0 Å². The molecule has 1 saturated heterocycles. The van der Waals surface area contributed by atoms with Crippen molar-refractivity contribution in [2.24, 2.45) is 0 Å². The molecule has 0 spiro atoms. The van der Waals surface area contributed by atoms with Gasteiger partial charge in [0.2, 0.25) is 0 Å². The molecule has 1 fully saturated rings. The number of nitrogens with one attached hydrogen (secondary N) is 1. The predicted molar refractivity (Wildman–Crippen MR) is 73.8 cm³/mol. The maximum atomic E-state index is 11.9. The Morgan fingerprint density at radius 3 is 2.75 bits per heavy atom. The summed E-state index contributed by atoms with van der Waals surface area (Å²) in [6, 6.07) is 0.980. The van der Waals surface area contributed by atoms with Gasteiger partial charge in [-0.2, -0.15) is 13.2 Å². The highest BCUT2D eigenvalue weighted by molar-refractivity contribution is 4.80. The summed E-state index contributed by atoms with van der Waals surface area (Å²) in [5, 5.41) is 3.54. The molecule has 0 amide bonds. The minimum atomic E-state index is -4.22. The molecule has 1 aliphatic heterocycles. The summed E-state index contributed by atoms with van der Waals surface area (Å²) < 4.78 is 40.5. The molecule has 1 aliphatic rings. The largest absolute Gasteiger partial charge is 0.411 e. The summed E-state index contributed by atoms with van der Waals surface area (Å²) in [6.45, 7) is 6.21. The third-order valence-corrected chi connectivity index (χ3v) is 3.71. The minimum Gasteiger partial charge on any atom is -0.372 e. The third kappa shape index (κ3) is 7.45. The zero-order valence-corrected chi connectivity index (χ0v) is 12.5. The number of hydrogen-bond donors (Lipinski definition) is 1. The maximum absolute atomic E-state index is 11.9. The molecular formula is C14H27F3N2O. The lowest BCUT2D eigenvalue weighted by Crippen LogP contribution is -2.40. The quantitative estimate of drug-likeness (QED) is 0.731. The number of nitrogens with zero attached hydrogens (tertiary/aromatic N) is 1. The van der Waals surface area contributed by atoms with Crippen molar-refractivity contribution in [3.63, 3.8) is 0 Å². The van der Waals surface area contributed by atoms with Gasteiger partial charge in [-0.3, -0.25) is 4.90 Å². The first kappa shape index (κ1) is 17.7. The normalized spacial score (nSPS) is 25.6. The average Bonchev–Trinajstić information content (AvgIpc) is 2.51. The number of hydrogen-bond acceptors (Lipinski definition) is 3. The van der Waals surface area contributed by atoms with Crippen LogP contribution in [0.5, 0.6) is 0 Å². The Bertz CT molecular complexity index is 261. The highest BCUT2D eigenvalue weighted by Crippen LogP contribution is 2.15. The molecule has 0 aromatic heterocycles. The summed E-state index contributed by atoms with van der Waals surface area (Å²) in [6.07, 6.45) is -0.183. The van der Waals surface area contributed by atoms with Crippen molar-refractivity contribution in [3.8, 4) is 0 Å². The van der Waals surface area contributed by atoms with Crippen molar-refractivity contribution in [3.05, 3.63) is 0 Å². The van der Waals surface area contributed by atoms with Crippen LogP contribution in [0.4, 0.5) is 13.2 Å². The van der Waals surface area contributed by atoms with Crippen LogP contribution in [0.15, 0.2) is 0 Å². The molecule has 0 aliphatic carbocycles. The summed E-state index contributed by atoms with van der Waals surface area (Å²) in [4.78, 5) is 2.37. The van der Waals surface area contributed by atoms with Gasteiger partial charge in [-0.15, -0.1) is 0 Å². The Morgan fingerprint density at radius 2 is 2.10 bits per heavy atom. The van der Waals surface area contributed by atoms with E-state index in [0.29, 0.717) is 18.5 Å². The van der Waals surface area contributed by atoms with Crippen LogP contribution in [-0.2, 0) is 4.74 Å². The van der Waals surface area contributed by atoms with Crippen LogP contribution in [0.3, 0.4) is 0 Å². The summed E-state index contributed by atoms with van der Waals surface area (Å²) >= 11 is 0. The SMILES string of the molecule is CCCC1CN(CCCOCC(F)(F)F)C(C)CCN1. The molecule has 6 heteroatoms. The molecule has 3 nitrogen and oxygen atoms in total. The minimum absolute atomic E-state index is 0.175. The van der Waals surface area contributed by atoms with Gasteiger partial charge in [-0.25, -0.2) is 0 Å². The van der Waals surface area contributed by atoms with Gasteiger partial charge in [0.1, 0.15) is 6.61 Å². The van der Waals surface area contributed by atoms with Crippen LogP contribution in [0.25, 0.3) is 0 Å². The molecule has 120 valence electrons. The number of alkyl halides is 3. The van der Waals surface area contributed by atoms with Crippen LogP contribution in [0.2, 0.25) is 0 Å². The lowest BCUT2D eigenvalue weighted by atomic mass is 10.1. The van der Waals surface area contributed by atoms with Crippen LogP contribution in [-0.4, -0.2) is 56.0 Å². The van der Waals surface area contributed by atoms with Crippen LogP contribution < -0.4 is 5.32 Å². The van der Waals surface area contributed by atoms with Crippen molar-refractivity contribution in [2.75, 3.05) is 32.8 Å². The Morgan fingerprint density at radius 1 is 1.35 bits per heavy atom. The lowest BCUT2D eigenvalue weighted by Gasteiger charge is -2.29. The van der Waals surface area contributed by atoms with Gasteiger partial charge in [-0.05, 0) is 32.7 Å². The van der Waals surface area contributed by atoms with Crippen molar-refractivity contribution in [1.82, 2.24) is 10.2 Å². The smallest absolute Gasteiger partial charge is 0.372 e. The fourth-order valence-corrected chi connectivity index (χ4v) is 2.62. The monoisotopic (exact) mass is 296 g/mol. The number of halogens is 3. The Hall–Kier alpha value is -0.330. The molecular weight excluding hydrogens is 269 g/mol. The number of ether oxygens (including phenoxy) is 1. The van der Waals surface area contributed by atoms with E-state index in [0.717, 1.165) is 38.9 Å². The zero-order chi connectivity index (χ0) is 15.0. The second-order valence-corrected chi connectivity index (χ2v) is 5.59. The van der Waals surface area contributed by atoms with E-state index >= 15 is 0 Å². The van der Waals surface area contributed by atoms with Gasteiger partial charge in [0.25, 0.3) is 0 Å². The topological polar surface area (TPSA) is 24.5 Å². The van der Waals surface area contributed by atoms with E-state index in [2.05, 4.69) is 28.8 Å². The van der Waals surface area contributed by atoms with Gasteiger partial charge < -0.3 is 10.1 Å². The third-order valence-electron chi connectivity index (χ3n) is 3.71. The first-order valence-corrected chi connectivity index (χ1v) is 7.54. The fourth-order valence-electron chi connectivity index (χ4n) is 2.62. The Labute approximate surface area is 119 Å². The molecule has 20 heavy (non-hydrogen) atoms. The van der Waals surface area contributed by atoms with Gasteiger partial charge >= 0.3 is 6.18 Å². The van der Waals surface area contributed by atoms with Gasteiger partial charge in [0, 0.05) is 31.8 Å². The maximum Gasteiger partial charge on any atom is 0.411 e. The molecule has 2 unspecified atom stereocenters. The molecule has 0 aromatic rings. The summed E-state index contributed by atoms with van der Waals surface area (Å²) in [7, 11) is 0. The molecule has 0 radical (unpaired) electrons. The molecule has 0 bridgehead atoms.